The van der Waals surface area contributed by atoms with Gasteiger partial charge in [0, 0.05) is 17.5 Å². The van der Waals surface area contributed by atoms with E-state index in [2.05, 4.69) is 44.4 Å². The molecule has 1 atom stereocenters. The molecular formula is C14H24BrN3S. The summed E-state index contributed by atoms with van der Waals surface area (Å²) < 4.78 is 3.11. The number of aryl methyl sites for hydroxylation is 1. The van der Waals surface area contributed by atoms with E-state index in [0.717, 1.165) is 34.1 Å². The molecule has 1 heterocycles. The van der Waals surface area contributed by atoms with Crippen LogP contribution in [-0.4, -0.2) is 20.8 Å². The molecule has 2 N–H and O–H groups in total. The van der Waals surface area contributed by atoms with Crippen molar-refractivity contribution in [1.82, 2.24) is 9.78 Å². The molecule has 0 bridgehead atoms. The summed E-state index contributed by atoms with van der Waals surface area (Å²) in [4.78, 5) is 0. The Hall–Kier alpha value is -0.0000000000000000555. The summed E-state index contributed by atoms with van der Waals surface area (Å²) in [5, 5.41) is 5.22. The van der Waals surface area contributed by atoms with Gasteiger partial charge in [-0.15, -0.1) is 0 Å². The zero-order valence-electron chi connectivity index (χ0n) is 11.6. The SMILES string of the molecule is CCCn1ncc(Br)c1C(N)CSC1CCCCC1. The van der Waals surface area contributed by atoms with Gasteiger partial charge < -0.3 is 5.73 Å². The molecule has 1 saturated carbocycles. The van der Waals surface area contributed by atoms with Gasteiger partial charge in [-0.25, -0.2) is 0 Å². The molecule has 0 amide bonds. The van der Waals surface area contributed by atoms with E-state index in [9.17, 15) is 0 Å². The maximum absolute atomic E-state index is 6.38. The highest BCUT2D eigenvalue weighted by atomic mass is 79.9. The van der Waals surface area contributed by atoms with Crippen LogP contribution in [0.1, 0.15) is 57.2 Å². The van der Waals surface area contributed by atoms with Crippen molar-refractivity contribution >= 4 is 27.7 Å². The molecule has 5 heteroatoms. The van der Waals surface area contributed by atoms with E-state index >= 15 is 0 Å². The van der Waals surface area contributed by atoms with Gasteiger partial charge in [-0.1, -0.05) is 26.2 Å². The van der Waals surface area contributed by atoms with E-state index in [1.807, 2.05) is 6.20 Å². The number of aromatic nitrogens is 2. The van der Waals surface area contributed by atoms with Crippen molar-refractivity contribution in [3.8, 4) is 0 Å². The lowest BCUT2D eigenvalue weighted by atomic mass is 10.0. The zero-order valence-corrected chi connectivity index (χ0v) is 14.0. The van der Waals surface area contributed by atoms with E-state index in [0.29, 0.717) is 0 Å². The highest BCUT2D eigenvalue weighted by Crippen LogP contribution is 2.32. The molecule has 0 aliphatic heterocycles. The standard InChI is InChI=1S/C14H24BrN3S/c1-2-8-18-14(12(15)9-17-18)13(16)10-19-11-6-4-3-5-7-11/h9,11,13H,2-8,10,16H2,1H3. The average Bonchev–Trinajstić information content (AvgIpc) is 2.79. The summed E-state index contributed by atoms with van der Waals surface area (Å²) >= 11 is 5.63. The second-order valence-corrected chi connectivity index (χ2v) is 7.49. The normalized spacial score (nSPS) is 18.7. The fourth-order valence-electron chi connectivity index (χ4n) is 2.68. The number of hydrogen-bond acceptors (Lipinski definition) is 3. The van der Waals surface area contributed by atoms with Crippen molar-refractivity contribution in [2.45, 2.75) is 63.3 Å². The number of nitrogens with two attached hydrogens (primary N) is 1. The lowest BCUT2D eigenvalue weighted by Gasteiger charge is -2.23. The van der Waals surface area contributed by atoms with Crippen molar-refractivity contribution in [3.05, 3.63) is 16.4 Å². The Bertz CT molecular complexity index is 388. The van der Waals surface area contributed by atoms with Crippen LogP contribution in [0, 0.1) is 0 Å². The summed E-state index contributed by atoms with van der Waals surface area (Å²) in [5.41, 5.74) is 7.53. The first-order valence-electron chi connectivity index (χ1n) is 7.30. The molecule has 2 rings (SSSR count). The molecule has 1 fully saturated rings. The van der Waals surface area contributed by atoms with E-state index in [1.54, 1.807) is 0 Å². The van der Waals surface area contributed by atoms with Crippen LogP contribution in [0.4, 0.5) is 0 Å². The molecule has 1 unspecified atom stereocenters. The van der Waals surface area contributed by atoms with Gasteiger partial charge in [-0.05, 0) is 35.2 Å². The molecule has 0 aromatic carbocycles. The molecular weight excluding hydrogens is 322 g/mol. The highest BCUT2D eigenvalue weighted by Gasteiger charge is 2.19. The number of thioether (sulfide) groups is 1. The van der Waals surface area contributed by atoms with Gasteiger partial charge in [0.25, 0.3) is 0 Å². The van der Waals surface area contributed by atoms with Crippen LogP contribution in [0.15, 0.2) is 10.7 Å². The topological polar surface area (TPSA) is 43.8 Å². The monoisotopic (exact) mass is 345 g/mol. The van der Waals surface area contributed by atoms with Gasteiger partial charge in [0.05, 0.1) is 22.4 Å². The Morgan fingerprint density at radius 1 is 1.47 bits per heavy atom. The van der Waals surface area contributed by atoms with Gasteiger partial charge in [0.2, 0.25) is 0 Å². The number of hydrogen-bond donors (Lipinski definition) is 1. The Balaban J connectivity index is 1.91. The maximum Gasteiger partial charge on any atom is 0.0701 e. The maximum atomic E-state index is 6.38. The van der Waals surface area contributed by atoms with Crippen LogP contribution < -0.4 is 5.73 Å². The number of halogens is 1. The summed E-state index contributed by atoms with van der Waals surface area (Å²) in [5.74, 6) is 0.999. The van der Waals surface area contributed by atoms with E-state index < -0.39 is 0 Å². The van der Waals surface area contributed by atoms with Crippen molar-refractivity contribution < 1.29 is 0 Å². The zero-order chi connectivity index (χ0) is 13.7. The summed E-state index contributed by atoms with van der Waals surface area (Å²) in [6, 6.07) is 0.0790. The minimum Gasteiger partial charge on any atom is -0.322 e. The van der Waals surface area contributed by atoms with E-state index in [1.165, 1.54) is 32.1 Å². The van der Waals surface area contributed by atoms with Crippen molar-refractivity contribution in [2.24, 2.45) is 5.73 Å². The van der Waals surface area contributed by atoms with Crippen LogP contribution in [0.5, 0.6) is 0 Å². The van der Waals surface area contributed by atoms with Gasteiger partial charge in [-0.2, -0.15) is 16.9 Å². The van der Waals surface area contributed by atoms with E-state index in [4.69, 9.17) is 5.73 Å². The first kappa shape index (κ1) is 15.4. The molecule has 1 aromatic heterocycles. The van der Waals surface area contributed by atoms with Crippen LogP contribution in [0.25, 0.3) is 0 Å². The molecule has 1 aromatic rings. The Labute approximate surface area is 128 Å². The van der Waals surface area contributed by atoms with Crippen molar-refractivity contribution in [3.63, 3.8) is 0 Å². The third kappa shape index (κ3) is 4.23. The molecule has 1 aliphatic rings. The number of nitrogens with zero attached hydrogens (tertiary/aromatic N) is 2. The summed E-state index contributed by atoms with van der Waals surface area (Å²) in [6.07, 6.45) is 9.89. The largest absolute Gasteiger partial charge is 0.322 e. The summed E-state index contributed by atoms with van der Waals surface area (Å²) in [7, 11) is 0. The number of rotatable bonds is 6. The Morgan fingerprint density at radius 2 is 2.21 bits per heavy atom. The van der Waals surface area contributed by atoms with Crippen LogP contribution in [0.3, 0.4) is 0 Å². The lowest BCUT2D eigenvalue weighted by molar-refractivity contribution is 0.514. The van der Waals surface area contributed by atoms with Crippen LogP contribution >= 0.6 is 27.7 Å². The fourth-order valence-corrected chi connectivity index (χ4v) is 4.58. The minimum absolute atomic E-state index is 0.0790. The van der Waals surface area contributed by atoms with E-state index in [-0.39, 0.29) is 6.04 Å². The van der Waals surface area contributed by atoms with Gasteiger partial charge in [0.15, 0.2) is 0 Å². The van der Waals surface area contributed by atoms with Crippen molar-refractivity contribution in [1.29, 1.82) is 0 Å². The smallest absolute Gasteiger partial charge is 0.0701 e. The first-order chi connectivity index (χ1) is 9.22. The molecule has 0 radical (unpaired) electrons. The highest BCUT2D eigenvalue weighted by molar-refractivity contribution is 9.10. The molecule has 108 valence electrons. The molecule has 3 nitrogen and oxygen atoms in total. The van der Waals surface area contributed by atoms with Crippen LogP contribution in [-0.2, 0) is 6.54 Å². The fraction of sp³-hybridized carbons (Fsp3) is 0.786. The molecule has 19 heavy (non-hydrogen) atoms. The first-order valence-corrected chi connectivity index (χ1v) is 9.15. The Morgan fingerprint density at radius 3 is 2.89 bits per heavy atom. The predicted octanol–water partition coefficient (Wildman–Crippen LogP) is 4.12. The van der Waals surface area contributed by atoms with Gasteiger partial charge in [-0.3, -0.25) is 4.68 Å². The van der Waals surface area contributed by atoms with Gasteiger partial charge in [0.1, 0.15) is 0 Å². The lowest BCUT2D eigenvalue weighted by Crippen LogP contribution is -2.21. The summed E-state index contributed by atoms with van der Waals surface area (Å²) in [6.45, 7) is 3.12. The second kappa shape index (κ2) is 7.70. The molecule has 0 spiro atoms. The molecule has 1 aliphatic carbocycles. The molecule has 0 saturated heterocycles. The quantitative estimate of drug-likeness (QED) is 0.843. The minimum atomic E-state index is 0.0790. The van der Waals surface area contributed by atoms with Crippen molar-refractivity contribution in [2.75, 3.05) is 5.75 Å². The van der Waals surface area contributed by atoms with Gasteiger partial charge >= 0.3 is 0 Å². The predicted molar refractivity (Wildman–Crippen MR) is 86.5 cm³/mol. The third-order valence-corrected chi connectivity index (χ3v) is 5.79. The Kier molecular flexibility index (Phi) is 6.23. The second-order valence-electron chi connectivity index (χ2n) is 5.30. The third-order valence-electron chi connectivity index (χ3n) is 3.68. The van der Waals surface area contributed by atoms with Crippen LogP contribution in [0.2, 0.25) is 0 Å². The average molecular weight is 346 g/mol.